The van der Waals surface area contributed by atoms with Crippen LogP contribution < -0.4 is 10.2 Å². The van der Waals surface area contributed by atoms with Crippen LogP contribution in [0.3, 0.4) is 0 Å². The highest BCUT2D eigenvalue weighted by molar-refractivity contribution is 5.76. The Kier molecular flexibility index (Phi) is 6.45. The lowest BCUT2D eigenvalue weighted by molar-refractivity contribution is -0.122. The van der Waals surface area contributed by atoms with E-state index in [4.69, 9.17) is 0 Å². The zero-order chi connectivity index (χ0) is 19.2. The fraction of sp³-hybridized carbons (Fsp3) is 0.455. The number of carbonyl (C=O) groups excluding carboxylic acids is 1. The maximum absolute atomic E-state index is 12.5. The molecule has 5 heteroatoms. The normalized spacial score (nSPS) is 19.8. The lowest BCUT2D eigenvalue weighted by Gasteiger charge is -2.38. The summed E-state index contributed by atoms with van der Waals surface area (Å²) in [5.41, 5.74) is 3.29. The minimum absolute atomic E-state index is 0.0342. The number of benzene rings is 1. The van der Waals surface area contributed by atoms with Crippen molar-refractivity contribution in [2.45, 2.75) is 44.2 Å². The Morgan fingerprint density at radius 3 is 2.56 bits per heavy atom. The first kappa shape index (κ1) is 19.4. The lowest BCUT2D eigenvalue weighted by atomic mass is 9.76. The van der Waals surface area contributed by atoms with Gasteiger partial charge < -0.3 is 15.3 Å². The Bertz CT molecular complexity index is 725. The van der Waals surface area contributed by atoms with Gasteiger partial charge in [-0.15, -0.1) is 0 Å². The van der Waals surface area contributed by atoms with Gasteiger partial charge in [0.05, 0.1) is 6.10 Å². The molecule has 5 nitrogen and oxygen atoms in total. The standard InChI is InChI=1S/C22H29N3O2/c1-25(2)19-9-6-16(7-10-19)8-11-22(27)24-21(17-13-20(26)14-17)15-18-5-3-4-12-23-18/h3-7,9-10,12,17,20-21,26H,8,11,13-15H2,1-2H3,(H,24,27)/t17?,20?,21-/m0/s1. The summed E-state index contributed by atoms with van der Waals surface area (Å²) in [7, 11) is 4.03. The van der Waals surface area contributed by atoms with Gasteiger partial charge in [-0.25, -0.2) is 0 Å². The summed E-state index contributed by atoms with van der Waals surface area (Å²) in [6, 6.07) is 14.2. The maximum Gasteiger partial charge on any atom is 0.220 e. The Morgan fingerprint density at radius 1 is 1.22 bits per heavy atom. The predicted molar refractivity (Wildman–Crippen MR) is 108 cm³/mol. The molecule has 1 atom stereocenters. The molecule has 1 saturated carbocycles. The molecule has 0 spiro atoms. The highest BCUT2D eigenvalue weighted by Gasteiger charge is 2.34. The van der Waals surface area contributed by atoms with Crippen LogP contribution in [0.5, 0.6) is 0 Å². The van der Waals surface area contributed by atoms with Crippen molar-refractivity contribution in [2.24, 2.45) is 5.92 Å². The van der Waals surface area contributed by atoms with E-state index in [0.717, 1.165) is 36.2 Å². The topological polar surface area (TPSA) is 65.5 Å². The molecule has 1 aromatic heterocycles. The number of hydrogen-bond acceptors (Lipinski definition) is 4. The number of amides is 1. The van der Waals surface area contributed by atoms with Crippen molar-refractivity contribution >= 4 is 11.6 Å². The van der Waals surface area contributed by atoms with Gasteiger partial charge in [0, 0.05) is 50.6 Å². The molecule has 2 aromatic rings. The van der Waals surface area contributed by atoms with E-state index < -0.39 is 0 Å². The van der Waals surface area contributed by atoms with E-state index in [2.05, 4.69) is 39.5 Å². The molecular formula is C22H29N3O2. The quantitative estimate of drug-likeness (QED) is 0.753. The summed E-state index contributed by atoms with van der Waals surface area (Å²) in [4.78, 5) is 19.0. The van der Waals surface area contributed by atoms with Gasteiger partial charge in [-0.1, -0.05) is 18.2 Å². The average molecular weight is 367 g/mol. The Labute approximate surface area is 161 Å². The first-order chi connectivity index (χ1) is 13.0. The van der Waals surface area contributed by atoms with Gasteiger partial charge in [0.2, 0.25) is 5.91 Å². The summed E-state index contributed by atoms with van der Waals surface area (Å²) in [6.45, 7) is 0. The highest BCUT2D eigenvalue weighted by atomic mass is 16.3. The number of nitrogens with one attached hydrogen (secondary N) is 1. The average Bonchev–Trinajstić information content (AvgIpc) is 2.64. The number of carbonyl (C=O) groups is 1. The molecule has 1 aromatic carbocycles. The first-order valence-electron chi connectivity index (χ1n) is 9.65. The molecule has 0 bridgehead atoms. The molecule has 1 amide bonds. The molecule has 0 radical (unpaired) electrons. The molecule has 0 unspecified atom stereocenters. The predicted octanol–water partition coefficient (Wildman–Crippen LogP) is 2.58. The number of nitrogens with zero attached hydrogens (tertiary/aromatic N) is 2. The third-order valence-electron chi connectivity index (χ3n) is 5.31. The third kappa shape index (κ3) is 5.54. The van der Waals surface area contributed by atoms with Crippen molar-refractivity contribution in [3.05, 3.63) is 59.9 Å². The summed E-state index contributed by atoms with van der Waals surface area (Å²) in [6.07, 6.45) is 4.96. The fourth-order valence-corrected chi connectivity index (χ4v) is 3.54. The van der Waals surface area contributed by atoms with Gasteiger partial charge in [-0.3, -0.25) is 9.78 Å². The molecule has 1 aliphatic rings. The zero-order valence-corrected chi connectivity index (χ0v) is 16.1. The molecule has 1 aliphatic carbocycles. The van der Waals surface area contributed by atoms with E-state index in [9.17, 15) is 9.90 Å². The van der Waals surface area contributed by atoms with Crippen LogP contribution in [0.1, 0.15) is 30.5 Å². The van der Waals surface area contributed by atoms with Crippen molar-refractivity contribution in [1.29, 1.82) is 0 Å². The van der Waals surface area contributed by atoms with Crippen LogP contribution in [0.25, 0.3) is 0 Å². The fourth-order valence-electron chi connectivity index (χ4n) is 3.54. The molecule has 1 heterocycles. The summed E-state index contributed by atoms with van der Waals surface area (Å²) in [5.74, 6) is 0.388. The van der Waals surface area contributed by atoms with E-state index in [-0.39, 0.29) is 18.1 Å². The second-order valence-electron chi connectivity index (χ2n) is 7.65. The van der Waals surface area contributed by atoms with E-state index in [0.29, 0.717) is 18.8 Å². The van der Waals surface area contributed by atoms with Crippen LogP contribution in [0.2, 0.25) is 0 Å². The number of rotatable bonds is 8. The van der Waals surface area contributed by atoms with Gasteiger partial charge in [-0.2, -0.15) is 0 Å². The van der Waals surface area contributed by atoms with E-state index in [1.165, 1.54) is 0 Å². The lowest BCUT2D eigenvalue weighted by Crippen LogP contribution is -2.48. The molecule has 3 rings (SSSR count). The monoisotopic (exact) mass is 367 g/mol. The van der Waals surface area contributed by atoms with Gasteiger partial charge in [0.25, 0.3) is 0 Å². The van der Waals surface area contributed by atoms with Crippen LogP contribution in [-0.2, 0) is 17.6 Å². The minimum atomic E-state index is -0.228. The third-order valence-corrected chi connectivity index (χ3v) is 5.31. The van der Waals surface area contributed by atoms with Crippen LogP contribution in [-0.4, -0.2) is 42.2 Å². The number of anilines is 1. The van der Waals surface area contributed by atoms with E-state index in [1.54, 1.807) is 6.20 Å². The number of pyridine rings is 1. The number of aromatic nitrogens is 1. The molecule has 1 fully saturated rings. The van der Waals surface area contributed by atoms with Crippen molar-refractivity contribution in [3.8, 4) is 0 Å². The van der Waals surface area contributed by atoms with Crippen LogP contribution in [0, 0.1) is 5.92 Å². The van der Waals surface area contributed by atoms with Crippen molar-refractivity contribution < 1.29 is 9.90 Å². The maximum atomic E-state index is 12.5. The molecule has 27 heavy (non-hydrogen) atoms. The molecular weight excluding hydrogens is 338 g/mol. The summed E-state index contributed by atoms with van der Waals surface area (Å²) < 4.78 is 0. The molecule has 0 saturated heterocycles. The van der Waals surface area contributed by atoms with Gasteiger partial charge >= 0.3 is 0 Å². The van der Waals surface area contributed by atoms with E-state index >= 15 is 0 Å². The summed E-state index contributed by atoms with van der Waals surface area (Å²) in [5, 5.41) is 12.8. The molecule has 0 aliphatic heterocycles. The molecule has 2 N–H and O–H groups in total. The smallest absolute Gasteiger partial charge is 0.220 e. The summed E-state index contributed by atoms with van der Waals surface area (Å²) >= 11 is 0. The number of aliphatic hydroxyl groups excluding tert-OH is 1. The Hall–Kier alpha value is -2.40. The minimum Gasteiger partial charge on any atom is -0.393 e. The number of aryl methyl sites for hydroxylation is 1. The van der Waals surface area contributed by atoms with Crippen LogP contribution in [0.4, 0.5) is 5.69 Å². The Morgan fingerprint density at radius 2 is 1.96 bits per heavy atom. The SMILES string of the molecule is CN(C)c1ccc(CCC(=O)N[C@@H](Cc2ccccn2)C2CC(O)C2)cc1. The number of hydrogen-bond donors (Lipinski definition) is 2. The van der Waals surface area contributed by atoms with Crippen LogP contribution >= 0.6 is 0 Å². The number of aliphatic hydroxyl groups is 1. The highest BCUT2D eigenvalue weighted by Crippen LogP contribution is 2.31. The van der Waals surface area contributed by atoms with Crippen molar-refractivity contribution in [3.63, 3.8) is 0 Å². The molecule has 144 valence electrons. The van der Waals surface area contributed by atoms with E-state index in [1.807, 2.05) is 32.3 Å². The van der Waals surface area contributed by atoms with Crippen LogP contribution in [0.15, 0.2) is 48.7 Å². The van der Waals surface area contributed by atoms with Crippen molar-refractivity contribution in [2.75, 3.05) is 19.0 Å². The first-order valence-corrected chi connectivity index (χ1v) is 9.65. The second kappa shape index (κ2) is 9.00. The van der Waals surface area contributed by atoms with Gasteiger partial charge in [0.15, 0.2) is 0 Å². The largest absolute Gasteiger partial charge is 0.393 e. The van der Waals surface area contributed by atoms with Gasteiger partial charge in [-0.05, 0) is 55.0 Å². The Balaban J connectivity index is 1.54. The second-order valence-corrected chi connectivity index (χ2v) is 7.65. The van der Waals surface area contributed by atoms with Crippen molar-refractivity contribution in [1.82, 2.24) is 10.3 Å². The van der Waals surface area contributed by atoms with Gasteiger partial charge in [0.1, 0.15) is 0 Å². The zero-order valence-electron chi connectivity index (χ0n) is 16.1.